The van der Waals surface area contributed by atoms with Crippen LogP contribution in [0.4, 0.5) is 0 Å². The van der Waals surface area contributed by atoms with Crippen LogP contribution in [-0.4, -0.2) is 42.2 Å². The highest BCUT2D eigenvalue weighted by atomic mass is 79.9. The van der Waals surface area contributed by atoms with Crippen LogP contribution in [0.5, 0.6) is 5.75 Å². The molecule has 6 nitrogen and oxygen atoms in total. The Kier molecular flexibility index (Phi) is 5.72. The number of hydrogen-bond donors (Lipinski definition) is 3. The van der Waals surface area contributed by atoms with E-state index in [2.05, 4.69) is 26.6 Å². The zero-order chi connectivity index (χ0) is 15.2. The molecule has 1 aliphatic heterocycles. The van der Waals surface area contributed by atoms with Gasteiger partial charge in [-0.1, -0.05) is 15.9 Å². The van der Waals surface area contributed by atoms with Crippen molar-refractivity contribution >= 4 is 27.7 Å². The maximum absolute atomic E-state index is 11.5. The van der Waals surface area contributed by atoms with Crippen LogP contribution in [0.2, 0.25) is 0 Å². The molecule has 1 aliphatic rings. The SMILES string of the molecule is O=C1CCC(NCC(O)COc2ccc(Br)cc2)C(=O)N1. The first kappa shape index (κ1) is 15.9. The average molecular weight is 357 g/mol. The number of carbonyl (C=O) groups is 2. The summed E-state index contributed by atoms with van der Waals surface area (Å²) < 4.78 is 6.39. The van der Waals surface area contributed by atoms with E-state index in [1.54, 1.807) is 12.1 Å². The van der Waals surface area contributed by atoms with E-state index in [1.807, 2.05) is 12.1 Å². The molecule has 0 aliphatic carbocycles. The van der Waals surface area contributed by atoms with Crippen molar-refractivity contribution in [2.45, 2.75) is 25.0 Å². The van der Waals surface area contributed by atoms with Crippen LogP contribution in [0.1, 0.15) is 12.8 Å². The number of amides is 2. The lowest BCUT2D eigenvalue weighted by Crippen LogP contribution is -2.52. The highest BCUT2D eigenvalue weighted by Gasteiger charge is 2.26. The van der Waals surface area contributed by atoms with Crippen molar-refractivity contribution in [1.29, 1.82) is 0 Å². The summed E-state index contributed by atoms with van der Waals surface area (Å²) in [6.07, 6.45) is 0.0268. The zero-order valence-corrected chi connectivity index (χ0v) is 12.9. The van der Waals surface area contributed by atoms with E-state index in [0.29, 0.717) is 18.6 Å². The molecular weight excluding hydrogens is 340 g/mol. The summed E-state index contributed by atoms with van der Waals surface area (Å²) in [5.74, 6) is 0.0719. The first-order valence-corrected chi connectivity index (χ1v) is 7.47. The van der Waals surface area contributed by atoms with Gasteiger partial charge in [-0.3, -0.25) is 14.9 Å². The highest BCUT2D eigenvalue weighted by molar-refractivity contribution is 9.10. The van der Waals surface area contributed by atoms with Crippen LogP contribution in [0.25, 0.3) is 0 Å². The molecule has 0 saturated carbocycles. The molecule has 1 aromatic carbocycles. The molecule has 7 heteroatoms. The Morgan fingerprint density at radius 2 is 2.10 bits per heavy atom. The summed E-state index contributed by atoms with van der Waals surface area (Å²) in [7, 11) is 0. The molecule has 1 saturated heterocycles. The molecule has 2 unspecified atom stereocenters. The largest absolute Gasteiger partial charge is 0.491 e. The predicted molar refractivity (Wildman–Crippen MR) is 79.8 cm³/mol. The molecule has 2 rings (SSSR count). The van der Waals surface area contributed by atoms with Gasteiger partial charge in [-0.2, -0.15) is 0 Å². The van der Waals surface area contributed by atoms with Gasteiger partial charge in [-0.25, -0.2) is 0 Å². The molecule has 2 atom stereocenters. The molecule has 1 fully saturated rings. The van der Waals surface area contributed by atoms with E-state index in [0.717, 1.165) is 4.47 Å². The second kappa shape index (κ2) is 7.53. The monoisotopic (exact) mass is 356 g/mol. The number of nitrogens with one attached hydrogen (secondary N) is 2. The molecular formula is C14H17BrN2O4. The van der Waals surface area contributed by atoms with Crippen LogP contribution < -0.4 is 15.4 Å². The number of benzene rings is 1. The first-order chi connectivity index (χ1) is 10.0. The molecule has 114 valence electrons. The lowest BCUT2D eigenvalue weighted by molar-refractivity contribution is -0.134. The van der Waals surface area contributed by atoms with Crippen LogP contribution in [0.3, 0.4) is 0 Å². The lowest BCUT2D eigenvalue weighted by atomic mass is 10.1. The number of rotatable bonds is 6. The molecule has 0 bridgehead atoms. The summed E-state index contributed by atoms with van der Waals surface area (Å²) in [4.78, 5) is 22.5. The van der Waals surface area contributed by atoms with Crippen molar-refractivity contribution in [2.24, 2.45) is 0 Å². The number of halogens is 1. The highest BCUT2D eigenvalue weighted by Crippen LogP contribution is 2.16. The van der Waals surface area contributed by atoms with Crippen molar-refractivity contribution in [3.8, 4) is 5.75 Å². The number of aliphatic hydroxyl groups excluding tert-OH is 1. The van der Waals surface area contributed by atoms with Crippen molar-refractivity contribution in [3.63, 3.8) is 0 Å². The summed E-state index contributed by atoms with van der Waals surface area (Å²) in [6.45, 7) is 0.352. The van der Waals surface area contributed by atoms with Crippen LogP contribution in [-0.2, 0) is 9.59 Å². The van der Waals surface area contributed by atoms with Gasteiger partial charge in [0.05, 0.1) is 6.04 Å². The van der Waals surface area contributed by atoms with Gasteiger partial charge in [0, 0.05) is 17.4 Å². The number of aliphatic hydroxyl groups is 1. The maximum Gasteiger partial charge on any atom is 0.243 e. The van der Waals surface area contributed by atoms with Crippen molar-refractivity contribution in [1.82, 2.24) is 10.6 Å². The van der Waals surface area contributed by atoms with Gasteiger partial charge >= 0.3 is 0 Å². The number of piperidine rings is 1. The fourth-order valence-electron chi connectivity index (χ4n) is 1.95. The van der Waals surface area contributed by atoms with Crippen molar-refractivity contribution < 1.29 is 19.4 Å². The lowest BCUT2D eigenvalue weighted by Gasteiger charge is -2.23. The Labute approximate surface area is 131 Å². The normalized spacial score (nSPS) is 20.0. The number of ether oxygens (including phenoxy) is 1. The van der Waals surface area contributed by atoms with Gasteiger partial charge in [0.2, 0.25) is 11.8 Å². The quantitative estimate of drug-likeness (QED) is 0.649. The molecule has 0 radical (unpaired) electrons. The van der Waals surface area contributed by atoms with Gasteiger partial charge < -0.3 is 15.2 Å². The van der Waals surface area contributed by atoms with Crippen molar-refractivity contribution in [2.75, 3.05) is 13.2 Å². The van der Waals surface area contributed by atoms with E-state index >= 15 is 0 Å². The first-order valence-electron chi connectivity index (χ1n) is 6.68. The smallest absolute Gasteiger partial charge is 0.243 e. The molecule has 2 amide bonds. The summed E-state index contributed by atoms with van der Waals surface area (Å²) in [5.41, 5.74) is 0. The minimum atomic E-state index is -0.737. The Morgan fingerprint density at radius 3 is 2.76 bits per heavy atom. The van der Waals surface area contributed by atoms with E-state index in [4.69, 9.17) is 4.74 Å². The fourth-order valence-corrected chi connectivity index (χ4v) is 2.21. The minimum Gasteiger partial charge on any atom is -0.491 e. The van der Waals surface area contributed by atoms with Gasteiger partial charge in [-0.05, 0) is 30.7 Å². The van der Waals surface area contributed by atoms with Gasteiger partial charge in [0.1, 0.15) is 18.5 Å². The molecule has 1 aromatic rings. The molecule has 3 N–H and O–H groups in total. The van der Waals surface area contributed by atoms with Gasteiger partial charge in [0.25, 0.3) is 0 Å². The molecule has 21 heavy (non-hydrogen) atoms. The van der Waals surface area contributed by atoms with Crippen molar-refractivity contribution in [3.05, 3.63) is 28.7 Å². The molecule has 1 heterocycles. The Hall–Kier alpha value is -1.44. The van der Waals surface area contributed by atoms with Gasteiger partial charge in [-0.15, -0.1) is 0 Å². The number of carbonyl (C=O) groups excluding carboxylic acids is 2. The van der Waals surface area contributed by atoms with Crippen LogP contribution in [0, 0.1) is 0 Å². The Morgan fingerprint density at radius 1 is 1.38 bits per heavy atom. The second-order valence-electron chi connectivity index (χ2n) is 4.83. The third-order valence-electron chi connectivity index (χ3n) is 3.10. The third kappa shape index (κ3) is 5.11. The summed E-state index contributed by atoms with van der Waals surface area (Å²) in [5, 5.41) is 15.0. The second-order valence-corrected chi connectivity index (χ2v) is 5.75. The summed E-state index contributed by atoms with van der Waals surface area (Å²) >= 11 is 3.33. The Balaban J connectivity index is 1.70. The fraction of sp³-hybridized carbons (Fsp3) is 0.429. The zero-order valence-electron chi connectivity index (χ0n) is 11.3. The molecule has 0 aromatic heterocycles. The van der Waals surface area contributed by atoms with Crippen LogP contribution in [0.15, 0.2) is 28.7 Å². The van der Waals surface area contributed by atoms with E-state index in [1.165, 1.54) is 0 Å². The average Bonchev–Trinajstić information content (AvgIpc) is 2.46. The van der Waals surface area contributed by atoms with E-state index < -0.39 is 12.1 Å². The topological polar surface area (TPSA) is 87.7 Å². The minimum absolute atomic E-state index is 0.127. The van der Waals surface area contributed by atoms with E-state index in [9.17, 15) is 14.7 Å². The molecule has 0 spiro atoms. The van der Waals surface area contributed by atoms with Gasteiger partial charge in [0.15, 0.2) is 0 Å². The third-order valence-corrected chi connectivity index (χ3v) is 3.62. The van der Waals surface area contributed by atoms with Crippen LogP contribution >= 0.6 is 15.9 Å². The maximum atomic E-state index is 11.5. The number of hydrogen-bond acceptors (Lipinski definition) is 5. The number of imide groups is 1. The Bertz CT molecular complexity index is 506. The summed E-state index contributed by atoms with van der Waals surface area (Å²) in [6, 6.07) is 6.85. The predicted octanol–water partition coefficient (Wildman–Crippen LogP) is 0.584. The van der Waals surface area contributed by atoms with E-state index in [-0.39, 0.29) is 25.0 Å². The standard InChI is InChI=1S/C14H17BrN2O4/c15-9-1-3-11(4-2-9)21-8-10(18)7-16-12-5-6-13(19)17-14(12)20/h1-4,10,12,16,18H,5-8H2,(H,17,19,20).